The van der Waals surface area contributed by atoms with Gasteiger partial charge in [-0.15, -0.1) is 0 Å². The predicted octanol–water partition coefficient (Wildman–Crippen LogP) is 1.09. The molecule has 0 saturated heterocycles. The summed E-state index contributed by atoms with van der Waals surface area (Å²) in [5.41, 5.74) is 1.89. The molecule has 16 heavy (non-hydrogen) atoms. The fraction of sp³-hybridized carbons (Fsp3) is 0.182. The van der Waals surface area contributed by atoms with Gasteiger partial charge in [-0.25, -0.2) is 4.98 Å². The Hall–Kier alpha value is -2.17. The molecule has 2 N–H and O–H groups in total. The number of H-pyrrole nitrogens is 1. The van der Waals surface area contributed by atoms with E-state index in [-0.39, 0.29) is 5.56 Å². The molecule has 0 fully saturated rings. The van der Waals surface area contributed by atoms with Crippen LogP contribution in [0.25, 0.3) is 0 Å². The Kier molecular flexibility index (Phi) is 2.95. The molecule has 2 aromatic heterocycles. The molecule has 0 amide bonds. The molecule has 0 aliphatic heterocycles. The quantitative estimate of drug-likeness (QED) is 0.805. The molecule has 0 radical (unpaired) electrons. The van der Waals surface area contributed by atoms with E-state index in [9.17, 15) is 4.79 Å². The van der Waals surface area contributed by atoms with Gasteiger partial charge in [0.2, 0.25) is 0 Å². The van der Waals surface area contributed by atoms with Crippen LogP contribution in [0.5, 0.6) is 0 Å². The van der Waals surface area contributed by atoms with Crippen LogP contribution in [0.1, 0.15) is 11.3 Å². The van der Waals surface area contributed by atoms with Gasteiger partial charge in [0.25, 0.3) is 5.56 Å². The van der Waals surface area contributed by atoms with Crippen LogP contribution >= 0.6 is 0 Å². The van der Waals surface area contributed by atoms with Crippen molar-refractivity contribution in [3.05, 3.63) is 52.3 Å². The highest BCUT2D eigenvalue weighted by Crippen LogP contribution is 2.05. The van der Waals surface area contributed by atoms with E-state index in [2.05, 4.69) is 20.3 Å². The highest BCUT2D eigenvalue weighted by molar-refractivity contribution is 5.33. The minimum Gasteiger partial charge on any atom is -0.364 e. The van der Waals surface area contributed by atoms with E-state index in [4.69, 9.17) is 0 Å². The molecular weight excluding hydrogens is 204 g/mol. The maximum absolute atomic E-state index is 11.0. The van der Waals surface area contributed by atoms with Crippen molar-refractivity contribution in [3.63, 3.8) is 0 Å². The lowest BCUT2D eigenvalue weighted by Gasteiger charge is -2.06. The van der Waals surface area contributed by atoms with Gasteiger partial charge in [0.1, 0.15) is 5.82 Å². The lowest BCUT2D eigenvalue weighted by Crippen LogP contribution is -2.10. The van der Waals surface area contributed by atoms with Crippen LogP contribution in [0.15, 0.2) is 35.5 Å². The maximum Gasteiger partial charge on any atom is 0.252 e. The molecule has 0 unspecified atom stereocenters. The van der Waals surface area contributed by atoms with Crippen molar-refractivity contribution in [1.29, 1.82) is 0 Å². The number of aromatic amines is 1. The van der Waals surface area contributed by atoms with Crippen molar-refractivity contribution in [1.82, 2.24) is 15.0 Å². The van der Waals surface area contributed by atoms with E-state index < -0.39 is 0 Å². The van der Waals surface area contributed by atoms with Crippen LogP contribution < -0.4 is 10.9 Å². The second-order valence-corrected chi connectivity index (χ2v) is 3.42. The van der Waals surface area contributed by atoms with E-state index >= 15 is 0 Å². The fourth-order valence-corrected chi connectivity index (χ4v) is 1.34. The third-order valence-electron chi connectivity index (χ3n) is 2.23. The molecule has 2 heterocycles. The minimum atomic E-state index is -0.171. The van der Waals surface area contributed by atoms with Gasteiger partial charge in [0.15, 0.2) is 0 Å². The first-order valence-electron chi connectivity index (χ1n) is 4.95. The van der Waals surface area contributed by atoms with Crippen LogP contribution in [0, 0.1) is 6.92 Å². The van der Waals surface area contributed by atoms with Gasteiger partial charge in [-0.05, 0) is 18.6 Å². The van der Waals surface area contributed by atoms with Crippen LogP contribution in [0.2, 0.25) is 0 Å². The number of nitrogens with zero attached hydrogens (tertiary/aromatic N) is 2. The van der Waals surface area contributed by atoms with Gasteiger partial charge in [-0.1, -0.05) is 6.07 Å². The number of aromatic nitrogens is 3. The Morgan fingerprint density at radius 2 is 2.31 bits per heavy atom. The number of anilines is 1. The Bertz CT molecular complexity index is 535. The normalized spacial score (nSPS) is 10.1. The zero-order valence-electron chi connectivity index (χ0n) is 8.90. The summed E-state index contributed by atoms with van der Waals surface area (Å²) in [4.78, 5) is 21.7. The van der Waals surface area contributed by atoms with Gasteiger partial charge in [0.05, 0.1) is 18.6 Å². The molecule has 0 aromatic carbocycles. The van der Waals surface area contributed by atoms with E-state index in [1.807, 2.05) is 19.1 Å². The number of hydrogen-bond acceptors (Lipinski definition) is 4. The second-order valence-electron chi connectivity index (χ2n) is 3.42. The SMILES string of the molecule is Cc1cccnc1CNc1cc(=O)[nH]cn1. The third kappa shape index (κ3) is 2.44. The van der Waals surface area contributed by atoms with Gasteiger partial charge in [0, 0.05) is 12.3 Å². The van der Waals surface area contributed by atoms with Gasteiger partial charge in [-0.3, -0.25) is 9.78 Å². The van der Waals surface area contributed by atoms with Crippen molar-refractivity contribution in [2.24, 2.45) is 0 Å². The summed E-state index contributed by atoms with van der Waals surface area (Å²) in [6.07, 6.45) is 3.12. The average molecular weight is 216 g/mol. The minimum absolute atomic E-state index is 0.171. The first kappa shape index (κ1) is 10.4. The summed E-state index contributed by atoms with van der Waals surface area (Å²) in [7, 11) is 0. The summed E-state index contributed by atoms with van der Waals surface area (Å²) >= 11 is 0. The molecule has 0 aliphatic rings. The number of nitrogens with one attached hydrogen (secondary N) is 2. The zero-order chi connectivity index (χ0) is 11.4. The Balaban J connectivity index is 2.08. The highest BCUT2D eigenvalue weighted by Gasteiger charge is 1.99. The number of pyridine rings is 1. The Morgan fingerprint density at radius 3 is 3.06 bits per heavy atom. The largest absolute Gasteiger partial charge is 0.364 e. The second kappa shape index (κ2) is 4.57. The summed E-state index contributed by atoms with van der Waals surface area (Å²) in [6, 6.07) is 5.30. The molecule has 0 aliphatic carbocycles. The molecule has 0 atom stereocenters. The van der Waals surface area contributed by atoms with E-state index in [0.29, 0.717) is 12.4 Å². The monoisotopic (exact) mass is 216 g/mol. The molecule has 2 rings (SSSR count). The van der Waals surface area contributed by atoms with Crippen LogP contribution in [-0.4, -0.2) is 15.0 Å². The first-order chi connectivity index (χ1) is 7.75. The maximum atomic E-state index is 11.0. The Morgan fingerprint density at radius 1 is 1.44 bits per heavy atom. The topological polar surface area (TPSA) is 70.7 Å². The summed E-state index contributed by atoms with van der Waals surface area (Å²) < 4.78 is 0. The molecule has 0 saturated carbocycles. The van der Waals surface area contributed by atoms with Crippen molar-refractivity contribution >= 4 is 5.82 Å². The first-order valence-corrected chi connectivity index (χ1v) is 4.95. The summed E-state index contributed by atoms with van der Waals surface area (Å²) in [5, 5.41) is 3.05. The number of rotatable bonds is 3. The van der Waals surface area contributed by atoms with Gasteiger partial charge in [-0.2, -0.15) is 0 Å². The van der Waals surface area contributed by atoms with E-state index in [1.165, 1.54) is 12.4 Å². The third-order valence-corrected chi connectivity index (χ3v) is 2.23. The molecular formula is C11H12N4O. The summed E-state index contributed by atoms with van der Waals surface area (Å²) in [5.74, 6) is 0.550. The van der Waals surface area contributed by atoms with Gasteiger partial charge >= 0.3 is 0 Å². The Labute approximate surface area is 92.6 Å². The lowest BCUT2D eigenvalue weighted by molar-refractivity contribution is 0.993. The van der Waals surface area contributed by atoms with Crippen molar-refractivity contribution in [3.8, 4) is 0 Å². The predicted molar refractivity (Wildman–Crippen MR) is 61.2 cm³/mol. The van der Waals surface area contributed by atoms with Crippen molar-refractivity contribution in [2.45, 2.75) is 13.5 Å². The highest BCUT2D eigenvalue weighted by atomic mass is 16.1. The van der Waals surface area contributed by atoms with Crippen LogP contribution in [0.3, 0.4) is 0 Å². The number of aryl methyl sites for hydroxylation is 1. The van der Waals surface area contributed by atoms with Gasteiger partial charge < -0.3 is 10.3 Å². The summed E-state index contributed by atoms with van der Waals surface area (Å²) in [6.45, 7) is 2.55. The van der Waals surface area contributed by atoms with E-state index in [0.717, 1.165) is 11.3 Å². The van der Waals surface area contributed by atoms with E-state index in [1.54, 1.807) is 6.20 Å². The van der Waals surface area contributed by atoms with Crippen molar-refractivity contribution < 1.29 is 0 Å². The molecule has 0 spiro atoms. The lowest BCUT2D eigenvalue weighted by atomic mass is 10.2. The standard InChI is InChI=1S/C11H12N4O/c1-8-3-2-4-12-9(8)6-13-10-5-11(16)15-7-14-10/h2-5,7H,6H2,1H3,(H2,13,14,15,16). The molecule has 0 bridgehead atoms. The average Bonchev–Trinajstić information content (AvgIpc) is 2.28. The molecule has 82 valence electrons. The molecule has 5 heteroatoms. The van der Waals surface area contributed by atoms with Crippen LogP contribution in [-0.2, 0) is 6.54 Å². The zero-order valence-corrected chi connectivity index (χ0v) is 8.90. The van der Waals surface area contributed by atoms with Crippen LogP contribution in [0.4, 0.5) is 5.82 Å². The molecule has 2 aromatic rings. The van der Waals surface area contributed by atoms with Crippen molar-refractivity contribution in [2.75, 3.05) is 5.32 Å². The number of hydrogen-bond donors (Lipinski definition) is 2. The fourth-order valence-electron chi connectivity index (χ4n) is 1.34. The smallest absolute Gasteiger partial charge is 0.252 e. The molecule has 5 nitrogen and oxygen atoms in total.